The van der Waals surface area contributed by atoms with E-state index in [1.54, 1.807) is 19.4 Å². The molecular formula is C24H23N5O2. The summed E-state index contributed by atoms with van der Waals surface area (Å²) in [5.41, 5.74) is 5.55. The fraction of sp³-hybridized carbons (Fsp3) is 0.125. The van der Waals surface area contributed by atoms with E-state index in [1.165, 1.54) is 6.08 Å². The van der Waals surface area contributed by atoms with Gasteiger partial charge in [-0.15, -0.1) is 0 Å². The molecular weight excluding hydrogens is 390 g/mol. The zero-order valence-corrected chi connectivity index (χ0v) is 17.3. The van der Waals surface area contributed by atoms with Crippen molar-refractivity contribution < 1.29 is 9.53 Å². The molecule has 3 aromatic heterocycles. The number of methoxy groups -OCH3 is 1. The molecule has 0 atom stereocenters. The van der Waals surface area contributed by atoms with E-state index in [1.807, 2.05) is 55.8 Å². The van der Waals surface area contributed by atoms with Crippen LogP contribution >= 0.6 is 0 Å². The van der Waals surface area contributed by atoms with Gasteiger partial charge in [0.2, 0.25) is 5.91 Å². The van der Waals surface area contributed by atoms with Gasteiger partial charge in [-0.1, -0.05) is 18.2 Å². The summed E-state index contributed by atoms with van der Waals surface area (Å²) < 4.78 is 4.92. The molecule has 0 radical (unpaired) electrons. The number of nitrogens with one attached hydrogen (secondary N) is 3. The highest BCUT2D eigenvalue weighted by Crippen LogP contribution is 2.32. The Hall–Kier alpha value is -3.97. The highest BCUT2D eigenvalue weighted by molar-refractivity contribution is 6.00. The van der Waals surface area contributed by atoms with Crippen LogP contribution < -0.4 is 10.6 Å². The number of hydrogen-bond acceptors (Lipinski definition) is 5. The first kappa shape index (κ1) is 20.3. The third kappa shape index (κ3) is 4.62. The zero-order chi connectivity index (χ0) is 21.6. The molecule has 0 saturated heterocycles. The molecule has 7 nitrogen and oxygen atoms in total. The standard InChI is InChI=1S/C24H23N5O2/c1-25-22-13-17(8-9-26-22)21-15-28-24-20(21)12-18(14-27-24)16-5-3-6-19(11-16)29-23(30)7-4-10-31-2/h3-9,11-15H,10H2,1-2H3,(H,25,26)(H,27,28)(H,29,30). The summed E-state index contributed by atoms with van der Waals surface area (Å²) in [6.45, 7) is 0.394. The molecule has 4 rings (SSSR count). The Morgan fingerprint density at radius 1 is 1.13 bits per heavy atom. The van der Waals surface area contributed by atoms with Gasteiger partial charge in [0.05, 0.1) is 6.61 Å². The van der Waals surface area contributed by atoms with E-state index < -0.39 is 0 Å². The Balaban J connectivity index is 1.65. The number of fused-ring (bicyclic) bond motifs is 1. The number of anilines is 2. The number of ether oxygens (including phenoxy) is 1. The average molecular weight is 413 g/mol. The predicted octanol–water partition coefficient (Wildman–Crippen LogP) is 4.47. The van der Waals surface area contributed by atoms with E-state index in [4.69, 9.17) is 4.74 Å². The van der Waals surface area contributed by atoms with Gasteiger partial charge in [-0.25, -0.2) is 9.97 Å². The van der Waals surface area contributed by atoms with Gasteiger partial charge >= 0.3 is 0 Å². The van der Waals surface area contributed by atoms with Crippen molar-refractivity contribution in [3.05, 3.63) is 73.2 Å². The topological polar surface area (TPSA) is 91.9 Å². The van der Waals surface area contributed by atoms with Crippen LogP contribution in [-0.2, 0) is 9.53 Å². The van der Waals surface area contributed by atoms with Crippen LogP contribution in [0, 0.1) is 0 Å². The van der Waals surface area contributed by atoms with Crippen molar-refractivity contribution >= 4 is 28.4 Å². The van der Waals surface area contributed by atoms with E-state index in [9.17, 15) is 4.79 Å². The first-order valence-electron chi connectivity index (χ1n) is 9.86. The van der Waals surface area contributed by atoms with E-state index in [2.05, 4.69) is 31.7 Å². The number of amides is 1. The fourth-order valence-electron chi connectivity index (χ4n) is 3.35. The van der Waals surface area contributed by atoms with Gasteiger partial charge in [-0.05, 0) is 41.5 Å². The summed E-state index contributed by atoms with van der Waals surface area (Å²) >= 11 is 0. The lowest BCUT2D eigenvalue weighted by atomic mass is 10.0. The van der Waals surface area contributed by atoms with Crippen LogP contribution in [0.1, 0.15) is 0 Å². The molecule has 31 heavy (non-hydrogen) atoms. The first-order valence-corrected chi connectivity index (χ1v) is 9.86. The number of nitrogens with zero attached hydrogens (tertiary/aromatic N) is 2. The number of H-pyrrole nitrogens is 1. The third-order valence-electron chi connectivity index (χ3n) is 4.85. The molecule has 3 heterocycles. The van der Waals surface area contributed by atoms with Gasteiger partial charge in [0.1, 0.15) is 11.5 Å². The smallest absolute Gasteiger partial charge is 0.248 e. The van der Waals surface area contributed by atoms with Gasteiger partial charge in [-0.3, -0.25) is 4.79 Å². The van der Waals surface area contributed by atoms with Crippen molar-refractivity contribution in [3.8, 4) is 22.3 Å². The maximum atomic E-state index is 12.0. The summed E-state index contributed by atoms with van der Waals surface area (Å²) in [5.74, 6) is 0.604. The number of aromatic nitrogens is 3. The Kier molecular flexibility index (Phi) is 6.05. The van der Waals surface area contributed by atoms with Crippen molar-refractivity contribution in [2.45, 2.75) is 0 Å². The van der Waals surface area contributed by atoms with E-state index in [0.717, 1.165) is 39.1 Å². The number of hydrogen-bond donors (Lipinski definition) is 3. The molecule has 0 aliphatic heterocycles. The Morgan fingerprint density at radius 3 is 2.87 bits per heavy atom. The Bertz CT molecular complexity index is 1250. The summed E-state index contributed by atoms with van der Waals surface area (Å²) in [4.78, 5) is 24.2. The largest absolute Gasteiger partial charge is 0.381 e. The highest BCUT2D eigenvalue weighted by atomic mass is 16.5. The van der Waals surface area contributed by atoms with Crippen LogP contribution in [0.5, 0.6) is 0 Å². The third-order valence-corrected chi connectivity index (χ3v) is 4.85. The SMILES string of the molecule is CNc1cc(-c2c[nH]c3ncc(-c4cccc(NC(=O)C=CCOC)c4)cc23)ccn1. The number of pyridine rings is 2. The average Bonchev–Trinajstić information content (AvgIpc) is 3.23. The summed E-state index contributed by atoms with van der Waals surface area (Å²) in [6.07, 6.45) is 8.70. The Morgan fingerprint density at radius 2 is 2.03 bits per heavy atom. The second-order valence-corrected chi connectivity index (χ2v) is 6.93. The van der Waals surface area contributed by atoms with Crippen LogP contribution in [0.3, 0.4) is 0 Å². The van der Waals surface area contributed by atoms with Crippen molar-refractivity contribution in [2.75, 3.05) is 31.4 Å². The Labute approximate surface area is 180 Å². The highest BCUT2D eigenvalue weighted by Gasteiger charge is 2.10. The van der Waals surface area contributed by atoms with Crippen LogP contribution in [0.25, 0.3) is 33.3 Å². The summed E-state index contributed by atoms with van der Waals surface area (Å²) in [6, 6.07) is 13.8. The van der Waals surface area contributed by atoms with Crippen molar-refractivity contribution in [2.24, 2.45) is 0 Å². The first-order chi connectivity index (χ1) is 15.2. The molecule has 0 saturated carbocycles. The van der Waals surface area contributed by atoms with Crippen LogP contribution in [0.4, 0.5) is 11.5 Å². The molecule has 0 aliphatic carbocycles. The van der Waals surface area contributed by atoms with Gasteiger partial charge in [0.15, 0.2) is 0 Å². The number of benzene rings is 1. The molecule has 7 heteroatoms. The number of aromatic amines is 1. The van der Waals surface area contributed by atoms with Crippen molar-refractivity contribution in [3.63, 3.8) is 0 Å². The quantitative estimate of drug-likeness (QED) is 0.389. The van der Waals surface area contributed by atoms with E-state index >= 15 is 0 Å². The van der Waals surface area contributed by atoms with Crippen molar-refractivity contribution in [1.29, 1.82) is 0 Å². The second kappa shape index (κ2) is 9.23. The number of rotatable bonds is 7. The van der Waals surface area contributed by atoms with Gasteiger partial charge in [0.25, 0.3) is 0 Å². The maximum Gasteiger partial charge on any atom is 0.248 e. The minimum atomic E-state index is -0.200. The predicted molar refractivity (Wildman–Crippen MR) is 124 cm³/mol. The maximum absolute atomic E-state index is 12.0. The van der Waals surface area contributed by atoms with E-state index in [-0.39, 0.29) is 5.91 Å². The lowest BCUT2D eigenvalue weighted by Crippen LogP contribution is -2.08. The number of carbonyl (C=O) groups excluding carboxylic acids is 1. The van der Waals surface area contributed by atoms with Crippen LogP contribution in [0.2, 0.25) is 0 Å². The molecule has 0 unspecified atom stereocenters. The molecule has 4 aromatic rings. The normalized spacial score (nSPS) is 11.2. The summed E-state index contributed by atoms with van der Waals surface area (Å²) in [7, 11) is 3.43. The second-order valence-electron chi connectivity index (χ2n) is 6.93. The molecule has 1 aromatic carbocycles. The molecule has 0 spiro atoms. The van der Waals surface area contributed by atoms with Crippen LogP contribution in [-0.4, -0.2) is 41.6 Å². The summed E-state index contributed by atoms with van der Waals surface area (Å²) in [5, 5.41) is 6.96. The molecule has 156 valence electrons. The monoisotopic (exact) mass is 413 g/mol. The van der Waals surface area contributed by atoms with Crippen molar-refractivity contribution in [1.82, 2.24) is 15.0 Å². The minimum absolute atomic E-state index is 0.200. The van der Waals surface area contributed by atoms with E-state index in [0.29, 0.717) is 12.3 Å². The fourth-order valence-corrected chi connectivity index (χ4v) is 3.35. The lowest BCUT2D eigenvalue weighted by Gasteiger charge is -2.07. The minimum Gasteiger partial charge on any atom is -0.381 e. The lowest BCUT2D eigenvalue weighted by molar-refractivity contribution is -0.111. The van der Waals surface area contributed by atoms with Gasteiger partial charge in [-0.2, -0.15) is 0 Å². The van der Waals surface area contributed by atoms with Crippen LogP contribution in [0.15, 0.2) is 73.2 Å². The van der Waals surface area contributed by atoms with Gasteiger partial charge in [0, 0.05) is 61.0 Å². The van der Waals surface area contributed by atoms with Gasteiger partial charge < -0.3 is 20.4 Å². The molecule has 0 fully saturated rings. The molecule has 0 bridgehead atoms. The molecule has 0 aliphatic rings. The zero-order valence-electron chi connectivity index (χ0n) is 17.3. The molecule has 1 amide bonds. The molecule has 3 N–H and O–H groups in total. The number of carbonyl (C=O) groups is 1.